The van der Waals surface area contributed by atoms with E-state index in [1.54, 1.807) is 17.6 Å². The number of carbonyl (C=O) groups is 2. The molecule has 3 aliphatic heterocycles. The van der Waals surface area contributed by atoms with Crippen LogP contribution in [0.15, 0.2) is 17.6 Å². The van der Waals surface area contributed by atoms with Gasteiger partial charge in [-0.1, -0.05) is 0 Å². The molecule has 2 bridgehead atoms. The van der Waals surface area contributed by atoms with Crippen LogP contribution in [-0.4, -0.2) is 54.5 Å². The number of methoxy groups -OCH3 is 1. The SMILES string of the molecule is COC(=O)c1csc2cnc(C(=O)N[C@H]3CN4CCC3CC4)cc12. The summed E-state index contributed by atoms with van der Waals surface area (Å²) in [5.41, 5.74) is 0.833. The molecule has 2 aromatic heterocycles. The highest BCUT2D eigenvalue weighted by Crippen LogP contribution is 2.29. The molecule has 3 fully saturated rings. The lowest BCUT2D eigenvalue weighted by Crippen LogP contribution is -2.57. The lowest BCUT2D eigenvalue weighted by molar-refractivity contribution is 0.0600. The standard InChI is InChI=1S/C17H19N3O3S/c1-23-17(22)12-9-24-15-7-18-13(6-11(12)15)16(21)19-14-8-20-4-2-10(14)3-5-20/h6-7,9-10,14H,2-5,8H2,1H3,(H,19,21)/t14-/m0/s1. The van der Waals surface area contributed by atoms with E-state index in [4.69, 9.17) is 4.74 Å². The van der Waals surface area contributed by atoms with Crippen LogP contribution in [0, 0.1) is 5.92 Å². The minimum absolute atomic E-state index is 0.169. The number of esters is 1. The Morgan fingerprint density at radius 1 is 1.38 bits per heavy atom. The van der Waals surface area contributed by atoms with Crippen LogP contribution in [0.3, 0.4) is 0 Å². The van der Waals surface area contributed by atoms with Crippen LogP contribution in [0.2, 0.25) is 0 Å². The molecule has 126 valence electrons. The summed E-state index contributed by atoms with van der Waals surface area (Å²) in [5.74, 6) is 0.00308. The van der Waals surface area contributed by atoms with E-state index in [0.29, 0.717) is 17.2 Å². The number of rotatable bonds is 3. The second kappa shape index (κ2) is 6.14. The van der Waals surface area contributed by atoms with Gasteiger partial charge in [0, 0.05) is 29.5 Å². The maximum Gasteiger partial charge on any atom is 0.339 e. The number of hydrogen-bond acceptors (Lipinski definition) is 6. The largest absolute Gasteiger partial charge is 0.465 e. The lowest BCUT2D eigenvalue weighted by atomic mass is 9.84. The van der Waals surface area contributed by atoms with E-state index in [1.807, 2.05) is 0 Å². The predicted octanol–water partition coefficient (Wildman–Crippen LogP) is 1.91. The second-order valence-electron chi connectivity index (χ2n) is 6.42. The van der Waals surface area contributed by atoms with Gasteiger partial charge in [0.2, 0.25) is 0 Å². The number of aromatic nitrogens is 1. The average molecular weight is 345 g/mol. The monoisotopic (exact) mass is 345 g/mol. The molecule has 0 aliphatic carbocycles. The summed E-state index contributed by atoms with van der Waals surface area (Å²) in [7, 11) is 1.36. The summed E-state index contributed by atoms with van der Waals surface area (Å²) in [4.78, 5) is 31.1. The predicted molar refractivity (Wildman–Crippen MR) is 91.4 cm³/mol. The number of piperidine rings is 3. The third-order valence-corrected chi connectivity index (χ3v) is 6.00. The van der Waals surface area contributed by atoms with Gasteiger partial charge >= 0.3 is 5.97 Å². The molecule has 5 heterocycles. The second-order valence-corrected chi connectivity index (χ2v) is 7.34. The average Bonchev–Trinajstić information content (AvgIpc) is 3.05. The van der Waals surface area contributed by atoms with Crippen LogP contribution in [0.5, 0.6) is 0 Å². The van der Waals surface area contributed by atoms with Crippen molar-refractivity contribution >= 4 is 33.3 Å². The Balaban J connectivity index is 1.57. The molecule has 5 rings (SSSR count). The van der Waals surface area contributed by atoms with E-state index < -0.39 is 5.97 Å². The van der Waals surface area contributed by atoms with Gasteiger partial charge in [-0.3, -0.25) is 4.79 Å². The highest BCUT2D eigenvalue weighted by Gasteiger charge is 2.35. The molecule has 0 spiro atoms. The van der Waals surface area contributed by atoms with E-state index in [-0.39, 0.29) is 11.9 Å². The third-order valence-electron chi connectivity index (χ3n) is 5.07. The highest BCUT2D eigenvalue weighted by molar-refractivity contribution is 7.17. The van der Waals surface area contributed by atoms with Gasteiger partial charge in [-0.25, -0.2) is 9.78 Å². The quantitative estimate of drug-likeness (QED) is 0.861. The van der Waals surface area contributed by atoms with E-state index in [0.717, 1.165) is 42.6 Å². The van der Waals surface area contributed by atoms with Crippen molar-refractivity contribution in [2.45, 2.75) is 18.9 Å². The van der Waals surface area contributed by atoms with Crippen molar-refractivity contribution in [3.05, 3.63) is 28.9 Å². The van der Waals surface area contributed by atoms with Crippen molar-refractivity contribution in [1.29, 1.82) is 0 Å². The molecule has 1 atom stereocenters. The fourth-order valence-corrected chi connectivity index (χ4v) is 4.57. The first-order valence-electron chi connectivity index (χ1n) is 8.14. The van der Waals surface area contributed by atoms with Crippen molar-refractivity contribution in [2.75, 3.05) is 26.7 Å². The zero-order chi connectivity index (χ0) is 16.7. The van der Waals surface area contributed by atoms with Crippen LogP contribution in [0.1, 0.15) is 33.7 Å². The van der Waals surface area contributed by atoms with Gasteiger partial charge in [-0.15, -0.1) is 11.3 Å². The van der Waals surface area contributed by atoms with Crippen LogP contribution < -0.4 is 5.32 Å². The summed E-state index contributed by atoms with van der Waals surface area (Å²) in [6, 6.07) is 1.88. The van der Waals surface area contributed by atoms with Gasteiger partial charge in [0.05, 0.1) is 17.4 Å². The van der Waals surface area contributed by atoms with Gasteiger partial charge in [-0.2, -0.15) is 0 Å². The molecule has 0 unspecified atom stereocenters. The minimum atomic E-state index is -0.392. The van der Waals surface area contributed by atoms with Crippen molar-refractivity contribution in [1.82, 2.24) is 15.2 Å². The van der Waals surface area contributed by atoms with E-state index in [1.165, 1.54) is 18.4 Å². The molecule has 3 saturated heterocycles. The molecule has 1 amide bonds. The fraction of sp³-hybridized carbons (Fsp3) is 0.471. The Bertz CT molecular complexity index is 795. The summed E-state index contributed by atoms with van der Waals surface area (Å²) in [6.07, 6.45) is 3.95. The Morgan fingerprint density at radius 3 is 2.83 bits per heavy atom. The Morgan fingerprint density at radius 2 is 2.17 bits per heavy atom. The van der Waals surface area contributed by atoms with Gasteiger partial charge in [0.25, 0.3) is 5.91 Å². The van der Waals surface area contributed by atoms with Crippen LogP contribution in [-0.2, 0) is 4.74 Å². The van der Waals surface area contributed by atoms with Crippen molar-refractivity contribution in [3.8, 4) is 0 Å². The number of carbonyl (C=O) groups excluding carboxylic acids is 2. The number of nitrogens with zero attached hydrogens (tertiary/aromatic N) is 2. The van der Waals surface area contributed by atoms with Gasteiger partial charge < -0.3 is 15.0 Å². The molecule has 0 aromatic carbocycles. The number of hydrogen-bond donors (Lipinski definition) is 1. The smallest absolute Gasteiger partial charge is 0.339 e. The normalized spacial score (nSPS) is 25.6. The van der Waals surface area contributed by atoms with Crippen LogP contribution >= 0.6 is 11.3 Å². The van der Waals surface area contributed by atoms with E-state index in [9.17, 15) is 9.59 Å². The van der Waals surface area contributed by atoms with E-state index >= 15 is 0 Å². The maximum atomic E-state index is 12.6. The summed E-state index contributed by atoms with van der Waals surface area (Å²) in [5, 5.41) is 5.60. The summed E-state index contributed by atoms with van der Waals surface area (Å²) < 4.78 is 5.67. The summed E-state index contributed by atoms with van der Waals surface area (Å²) >= 11 is 1.42. The molecule has 6 nitrogen and oxygen atoms in total. The van der Waals surface area contributed by atoms with Crippen LogP contribution in [0.4, 0.5) is 0 Å². The van der Waals surface area contributed by atoms with E-state index in [2.05, 4.69) is 15.2 Å². The number of fused-ring (bicyclic) bond motifs is 4. The Hall–Kier alpha value is -1.99. The number of amides is 1. The number of nitrogens with one attached hydrogen (secondary N) is 1. The van der Waals surface area contributed by atoms with Gasteiger partial charge in [0.15, 0.2) is 0 Å². The van der Waals surface area contributed by atoms with Gasteiger partial charge in [0.1, 0.15) is 5.69 Å². The zero-order valence-electron chi connectivity index (χ0n) is 13.4. The zero-order valence-corrected chi connectivity index (χ0v) is 14.3. The van der Waals surface area contributed by atoms with Crippen LogP contribution in [0.25, 0.3) is 10.1 Å². The first-order chi connectivity index (χ1) is 11.7. The molecule has 24 heavy (non-hydrogen) atoms. The molecule has 1 N–H and O–H groups in total. The molecule has 2 aromatic rings. The maximum absolute atomic E-state index is 12.6. The van der Waals surface area contributed by atoms with Gasteiger partial charge in [-0.05, 0) is 37.9 Å². The topological polar surface area (TPSA) is 71.5 Å². The molecule has 7 heteroatoms. The molecule has 3 aliphatic rings. The Labute approximate surface area is 143 Å². The Kier molecular flexibility index (Phi) is 3.97. The first-order valence-corrected chi connectivity index (χ1v) is 9.02. The minimum Gasteiger partial charge on any atom is -0.465 e. The number of pyridine rings is 1. The van der Waals surface area contributed by atoms with Crippen molar-refractivity contribution < 1.29 is 14.3 Å². The molecular weight excluding hydrogens is 326 g/mol. The van der Waals surface area contributed by atoms with Crippen molar-refractivity contribution in [3.63, 3.8) is 0 Å². The lowest BCUT2D eigenvalue weighted by Gasteiger charge is -2.44. The highest BCUT2D eigenvalue weighted by atomic mass is 32.1. The molecule has 0 saturated carbocycles. The molecule has 0 radical (unpaired) electrons. The molecular formula is C17H19N3O3S. The fourth-order valence-electron chi connectivity index (χ4n) is 3.70. The number of thiophene rings is 1. The number of ether oxygens (including phenoxy) is 1. The van der Waals surface area contributed by atoms with Crippen molar-refractivity contribution in [2.24, 2.45) is 5.92 Å². The third kappa shape index (κ3) is 2.67. The first kappa shape index (κ1) is 15.5. The summed E-state index contributed by atoms with van der Waals surface area (Å²) in [6.45, 7) is 3.20.